The van der Waals surface area contributed by atoms with E-state index in [0.717, 1.165) is 0 Å². The van der Waals surface area contributed by atoms with E-state index in [1.54, 1.807) is 0 Å². The topological polar surface area (TPSA) is 225 Å². The second-order valence-corrected chi connectivity index (χ2v) is 7.47. The van der Waals surface area contributed by atoms with Crippen LogP contribution in [0.4, 0.5) is 0 Å². The summed E-state index contributed by atoms with van der Waals surface area (Å²) < 4.78 is 35.0. The van der Waals surface area contributed by atoms with Gasteiger partial charge in [0.15, 0.2) is 0 Å². The fourth-order valence-electron chi connectivity index (χ4n) is 3.18. The minimum Gasteiger partial charge on any atom is -0.396 e. The van der Waals surface area contributed by atoms with Gasteiger partial charge in [0, 0.05) is 12.5 Å². The van der Waals surface area contributed by atoms with Crippen LogP contribution < -0.4 is 0 Å². The van der Waals surface area contributed by atoms with Crippen LogP contribution in [-0.4, -0.2) is 110 Å². The number of rotatable bonds is 10. The summed E-state index contributed by atoms with van der Waals surface area (Å²) in [4.78, 5) is 0. The van der Waals surface area contributed by atoms with E-state index in [0.29, 0.717) is 0 Å². The molecule has 9 atom stereocenters. The van der Waals surface area contributed by atoms with Crippen LogP contribution in [0, 0.1) is 11.8 Å². The lowest BCUT2D eigenvalue weighted by molar-refractivity contribution is -0.136. The van der Waals surface area contributed by atoms with Gasteiger partial charge in [-0.3, -0.25) is 4.55 Å². The number of hydrogen-bond acceptors (Lipinski definition) is 11. The molecule has 1 aliphatic carbocycles. The van der Waals surface area contributed by atoms with Crippen molar-refractivity contribution in [3.8, 4) is 0 Å². The van der Waals surface area contributed by atoms with Gasteiger partial charge in [-0.25, -0.2) is 4.18 Å². The van der Waals surface area contributed by atoms with Crippen molar-refractivity contribution in [2.24, 2.45) is 11.8 Å². The third-order valence-electron chi connectivity index (χ3n) is 4.62. The van der Waals surface area contributed by atoms with Gasteiger partial charge < -0.3 is 40.9 Å². The predicted octanol–water partition coefficient (Wildman–Crippen LogP) is -4.65. The van der Waals surface area contributed by atoms with Gasteiger partial charge in [-0.1, -0.05) is 0 Å². The summed E-state index contributed by atoms with van der Waals surface area (Å²) in [5.74, 6) is -1.53. The van der Waals surface area contributed by atoms with Crippen molar-refractivity contribution in [1.29, 1.82) is 0 Å². The van der Waals surface area contributed by atoms with Gasteiger partial charge in [-0.05, 0) is 18.8 Å². The van der Waals surface area contributed by atoms with Gasteiger partial charge in [-0.15, -0.1) is 0 Å². The zero-order chi connectivity index (χ0) is 20.2. The maximum absolute atomic E-state index is 11.0. The number of aliphatic hydroxyl groups excluding tert-OH is 8. The lowest BCUT2D eigenvalue weighted by Crippen LogP contribution is -2.52. The third kappa shape index (κ3) is 6.03. The standard InChI is InChI=1S/C13H26O12S/c14-3-6-5(1-7(16)10(6)19)2-8(17)13(25-26(22,23)24)12(21)11(20)9(18)4-15/h5-21H,1-4H2,(H,22,23,24)/t5?,6-,7+,8+,9-,10+,11-,12+,13?/m0/s1. The van der Waals surface area contributed by atoms with Gasteiger partial charge in [-0.2, -0.15) is 8.42 Å². The van der Waals surface area contributed by atoms with Crippen molar-refractivity contribution >= 4 is 10.4 Å². The van der Waals surface area contributed by atoms with Gasteiger partial charge in [0.1, 0.15) is 24.4 Å². The largest absolute Gasteiger partial charge is 0.397 e. The van der Waals surface area contributed by atoms with E-state index in [1.165, 1.54) is 0 Å². The Bertz CT molecular complexity index is 527. The van der Waals surface area contributed by atoms with Crippen LogP contribution in [-0.2, 0) is 14.6 Å². The zero-order valence-electron chi connectivity index (χ0n) is 13.7. The SMILES string of the molecule is O=S(=O)(O)OC([C@H](O)CC1C[C@@H](O)[C@H](O)[C@H]1CO)[C@H](O)[C@@H](O)[C@@H](O)CO. The Morgan fingerprint density at radius 1 is 1.00 bits per heavy atom. The molecule has 0 radical (unpaired) electrons. The fourth-order valence-corrected chi connectivity index (χ4v) is 3.70. The van der Waals surface area contributed by atoms with Crippen LogP contribution >= 0.6 is 0 Å². The molecule has 0 amide bonds. The maximum Gasteiger partial charge on any atom is 0.397 e. The van der Waals surface area contributed by atoms with E-state index in [9.17, 15) is 44.2 Å². The molecule has 0 aromatic heterocycles. The van der Waals surface area contributed by atoms with E-state index in [2.05, 4.69) is 4.18 Å². The Morgan fingerprint density at radius 2 is 1.58 bits per heavy atom. The summed E-state index contributed by atoms with van der Waals surface area (Å²) in [5.41, 5.74) is 0. The lowest BCUT2D eigenvalue weighted by atomic mass is 9.87. The highest BCUT2D eigenvalue weighted by atomic mass is 32.3. The highest BCUT2D eigenvalue weighted by molar-refractivity contribution is 7.80. The molecular formula is C13H26O12S. The van der Waals surface area contributed by atoms with Crippen molar-refractivity contribution < 1.29 is 58.0 Å². The Hall–Kier alpha value is -0.450. The summed E-state index contributed by atoms with van der Waals surface area (Å²) in [7, 11) is -5.18. The van der Waals surface area contributed by atoms with Crippen LogP contribution in [0.5, 0.6) is 0 Å². The molecule has 1 saturated carbocycles. The molecule has 12 nitrogen and oxygen atoms in total. The van der Waals surface area contributed by atoms with Crippen LogP contribution in [0.2, 0.25) is 0 Å². The lowest BCUT2D eigenvalue weighted by Gasteiger charge is -2.32. The number of hydrogen-bond donors (Lipinski definition) is 9. The van der Waals surface area contributed by atoms with Crippen LogP contribution in [0.25, 0.3) is 0 Å². The molecule has 9 N–H and O–H groups in total. The molecule has 0 spiro atoms. The molecule has 2 unspecified atom stereocenters. The summed E-state index contributed by atoms with van der Waals surface area (Å²) in [6.07, 6.45) is -13.1. The first-order valence-electron chi connectivity index (χ1n) is 7.88. The van der Waals surface area contributed by atoms with Crippen molar-refractivity contribution in [3.63, 3.8) is 0 Å². The second-order valence-electron chi connectivity index (χ2n) is 6.42. The van der Waals surface area contributed by atoms with Crippen LogP contribution in [0.1, 0.15) is 12.8 Å². The smallest absolute Gasteiger partial charge is 0.396 e. The Labute approximate surface area is 149 Å². The van der Waals surface area contributed by atoms with Crippen molar-refractivity contribution in [2.75, 3.05) is 13.2 Å². The molecule has 0 heterocycles. The highest BCUT2D eigenvalue weighted by Crippen LogP contribution is 2.36. The first-order chi connectivity index (χ1) is 11.9. The Balaban J connectivity index is 2.95. The summed E-state index contributed by atoms with van der Waals surface area (Å²) in [6, 6.07) is 0. The van der Waals surface area contributed by atoms with Crippen molar-refractivity contribution in [2.45, 2.75) is 55.6 Å². The minimum atomic E-state index is -5.18. The summed E-state index contributed by atoms with van der Waals surface area (Å²) in [5, 5.41) is 76.8. The van der Waals surface area contributed by atoms with Crippen molar-refractivity contribution in [1.82, 2.24) is 0 Å². The molecule has 0 aromatic rings. The molecule has 156 valence electrons. The van der Waals surface area contributed by atoms with Crippen LogP contribution in [0.3, 0.4) is 0 Å². The van der Waals surface area contributed by atoms with E-state index < -0.39 is 78.2 Å². The van der Waals surface area contributed by atoms with Gasteiger partial charge in [0.25, 0.3) is 0 Å². The Morgan fingerprint density at radius 3 is 2.04 bits per heavy atom. The molecule has 1 fully saturated rings. The predicted molar refractivity (Wildman–Crippen MR) is 82.8 cm³/mol. The summed E-state index contributed by atoms with van der Waals surface area (Å²) in [6.45, 7) is -1.52. The molecule has 0 bridgehead atoms. The van der Waals surface area contributed by atoms with Gasteiger partial charge >= 0.3 is 10.4 Å². The number of aliphatic hydroxyl groups is 8. The second kappa shape index (κ2) is 9.66. The van der Waals surface area contributed by atoms with Crippen molar-refractivity contribution in [3.05, 3.63) is 0 Å². The van der Waals surface area contributed by atoms with E-state index in [4.69, 9.17) is 9.66 Å². The molecule has 1 aliphatic rings. The fraction of sp³-hybridized carbons (Fsp3) is 1.00. The Kier molecular flexibility index (Phi) is 8.76. The molecule has 0 aromatic carbocycles. The third-order valence-corrected chi connectivity index (χ3v) is 5.08. The minimum absolute atomic E-state index is 0.0417. The molecule has 0 aliphatic heterocycles. The van der Waals surface area contributed by atoms with Gasteiger partial charge in [0.05, 0.1) is 24.9 Å². The highest BCUT2D eigenvalue weighted by Gasteiger charge is 2.45. The molecule has 26 heavy (non-hydrogen) atoms. The molecule has 1 rings (SSSR count). The zero-order valence-corrected chi connectivity index (χ0v) is 14.5. The molecule has 13 heteroatoms. The van der Waals surface area contributed by atoms with Crippen LogP contribution in [0.15, 0.2) is 0 Å². The quantitative estimate of drug-likeness (QED) is 0.156. The maximum atomic E-state index is 11.0. The molecular weight excluding hydrogens is 380 g/mol. The van der Waals surface area contributed by atoms with E-state index in [-0.39, 0.29) is 12.8 Å². The summed E-state index contributed by atoms with van der Waals surface area (Å²) >= 11 is 0. The monoisotopic (exact) mass is 406 g/mol. The average molecular weight is 406 g/mol. The van der Waals surface area contributed by atoms with Gasteiger partial charge in [0.2, 0.25) is 0 Å². The normalized spacial score (nSPS) is 32.8. The van der Waals surface area contributed by atoms with E-state index in [1.807, 2.05) is 0 Å². The average Bonchev–Trinajstić information content (AvgIpc) is 2.82. The first kappa shape index (κ1) is 23.6. The van der Waals surface area contributed by atoms with E-state index >= 15 is 0 Å². The first-order valence-corrected chi connectivity index (χ1v) is 9.25. The molecule has 0 saturated heterocycles.